The maximum absolute atomic E-state index is 12.2. The molecule has 2 atom stereocenters. The smallest absolute Gasteiger partial charge is 0.472 e. The normalized spacial score (nSPS) is 14.1. The van der Waals surface area contributed by atoms with Crippen LogP contribution in [0.1, 0.15) is 45.4 Å². The lowest BCUT2D eigenvalue weighted by molar-refractivity contribution is -0.873. The Balaban J connectivity index is 0.0000102. The fourth-order valence-corrected chi connectivity index (χ4v) is 3.87. The number of aliphatic carboxylic acids is 1. The molecule has 0 aliphatic heterocycles. The Labute approximate surface area is 196 Å². The van der Waals surface area contributed by atoms with E-state index in [0.717, 1.165) is 25.0 Å². The topological polar surface area (TPSA) is 142 Å². The summed E-state index contributed by atoms with van der Waals surface area (Å²) in [5.41, 5.74) is 0. The van der Waals surface area contributed by atoms with E-state index in [9.17, 15) is 14.3 Å². The third kappa shape index (κ3) is 16.6. The van der Waals surface area contributed by atoms with Crippen molar-refractivity contribution in [2.75, 3.05) is 47.5 Å². The maximum Gasteiger partial charge on any atom is 0.472 e. The number of nitrogens with zero attached hydrogens (tertiary/aromatic N) is 1. The van der Waals surface area contributed by atoms with Gasteiger partial charge >= 0.3 is 13.8 Å². The van der Waals surface area contributed by atoms with E-state index in [1.807, 2.05) is 45.4 Å². The van der Waals surface area contributed by atoms with E-state index < -0.39 is 19.9 Å². The van der Waals surface area contributed by atoms with Crippen LogP contribution in [0.4, 0.5) is 0 Å². The molecular weight excluding hydrogens is 453 g/mol. The second-order valence-corrected chi connectivity index (χ2v) is 10.1. The van der Waals surface area contributed by atoms with Crippen molar-refractivity contribution in [3.05, 3.63) is 24.3 Å². The second kappa shape index (κ2) is 16.0. The number of rotatable bonds is 18. The summed E-state index contributed by atoms with van der Waals surface area (Å²) in [6.45, 7) is 3.51. The van der Waals surface area contributed by atoms with E-state index in [-0.39, 0.29) is 25.0 Å². The van der Waals surface area contributed by atoms with Crippen LogP contribution in [0.2, 0.25) is 0 Å². The average molecular weight is 494 g/mol. The molecule has 0 aliphatic carbocycles. The number of benzene rings is 1. The van der Waals surface area contributed by atoms with E-state index in [1.165, 1.54) is 0 Å². The molecule has 0 saturated heterocycles. The molecule has 0 heterocycles. The summed E-state index contributed by atoms with van der Waals surface area (Å²) in [5.74, 6) is 0.369. The molecule has 0 aromatic heterocycles. The van der Waals surface area contributed by atoms with Crippen LogP contribution in [0.3, 0.4) is 0 Å². The fraction of sp³-hybridized carbons (Fsp3) is 0.682. The molecule has 3 N–H and O–H groups in total. The van der Waals surface area contributed by atoms with Gasteiger partial charge in [-0.1, -0.05) is 25.8 Å². The first-order valence-corrected chi connectivity index (χ1v) is 12.5. The highest BCUT2D eigenvalue weighted by molar-refractivity contribution is 7.47. The lowest BCUT2D eigenvalue weighted by Crippen LogP contribution is -2.42. The number of quaternary nitrogens is 1. The number of phosphoric acid groups is 1. The van der Waals surface area contributed by atoms with E-state index in [2.05, 4.69) is 6.92 Å². The molecule has 2 unspecified atom stereocenters. The van der Waals surface area contributed by atoms with Crippen LogP contribution >= 0.6 is 7.82 Å². The van der Waals surface area contributed by atoms with Crippen LogP contribution in [0.5, 0.6) is 11.5 Å². The van der Waals surface area contributed by atoms with Crippen LogP contribution in [0.25, 0.3) is 0 Å². The maximum atomic E-state index is 12.2. The van der Waals surface area contributed by atoms with Gasteiger partial charge in [0.2, 0.25) is 0 Å². The number of likely N-dealkylation sites (N-methyl/N-ethyl adjacent to an activating group) is 1. The Morgan fingerprint density at radius 1 is 1.03 bits per heavy atom. The molecule has 0 fully saturated rings. The molecule has 33 heavy (non-hydrogen) atoms. The van der Waals surface area contributed by atoms with Crippen molar-refractivity contribution < 1.29 is 47.8 Å². The lowest BCUT2D eigenvalue weighted by atomic mass is 10.2. The van der Waals surface area contributed by atoms with Gasteiger partial charge in [-0.2, -0.15) is 0 Å². The van der Waals surface area contributed by atoms with Crippen LogP contribution in [0.15, 0.2) is 24.3 Å². The third-order valence-electron chi connectivity index (χ3n) is 4.32. The number of unbranched alkanes of at least 4 members (excludes halogenated alkanes) is 3. The van der Waals surface area contributed by atoms with Gasteiger partial charge in [-0.3, -0.25) is 13.8 Å². The molecule has 0 bridgehead atoms. The predicted octanol–water partition coefficient (Wildman–Crippen LogP) is 3.92. The van der Waals surface area contributed by atoms with Crippen molar-refractivity contribution in [3.8, 4) is 11.5 Å². The molecule has 192 valence electrons. The van der Waals surface area contributed by atoms with Crippen molar-refractivity contribution in [2.45, 2.75) is 51.6 Å². The van der Waals surface area contributed by atoms with Crippen LogP contribution in [-0.4, -0.2) is 79.5 Å². The minimum Gasteiger partial charge on any atom is -0.870 e. The highest BCUT2D eigenvalue weighted by atomic mass is 31.2. The average Bonchev–Trinajstić information content (AvgIpc) is 2.66. The molecule has 0 radical (unpaired) electrons. The van der Waals surface area contributed by atoms with Gasteiger partial charge in [0.05, 0.1) is 47.4 Å². The number of carbonyl (C=O) groups is 1. The zero-order valence-corrected chi connectivity index (χ0v) is 21.0. The van der Waals surface area contributed by atoms with E-state index >= 15 is 0 Å². The number of hydrogen-bond donors (Lipinski definition) is 2. The molecule has 1 rings (SSSR count). The summed E-state index contributed by atoms with van der Waals surface area (Å²) in [7, 11) is 1.18. The number of phosphoric ester groups is 1. The summed E-state index contributed by atoms with van der Waals surface area (Å²) < 4.78 is 34.1. The van der Waals surface area contributed by atoms with Gasteiger partial charge in [-0.25, -0.2) is 4.57 Å². The minimum absolute atomic E-state index is 0. The number of carboxylic acid groups (broad SMARTS) is 1. The zero-order chi connectivity index (χ0) is 24.0. The lowest BCUT2D eigenvalue weighted by Gasteiger charge is -2.29. The van der Waals surface area contributed by atoms with Crippen molar-refractivity contribution >= 4 is 13.8 Å². The summed E-state index contributed by atoms with van der Waals surface area (Å²) in [4.78, 5) is 20.9. The van der Waals surface area contributed by atoms with Crippen LogP contribution in [0, 0.1) is 0 Å². The summed E-state index contributed by atoms with van der Waals surface area (Å²) in [6.07, 6.45) is 3.10. The molecule has 1 aromatic carbocycles. The largest absolute Gasteiger partial charge is 0.870 e. The highest BCUT2D eigenvalue weighted by Gasteiger charge is 2.31. The molecule has 0 spiro atoms. The number of hydrogen-bond acceptors (Lipinski definition) is 7. The first kappa shape index (κ1) is 31.3. The minimum atomic E-state index is -4.35. The van der Waals surface area contributed by atoms with Crippen molar-refractivity contribution in [1.82, 2.24) is 0 Å². The SMILES string of the molecule is CCCCCOc1cccc(OCCCCOP(=O)(O)OC(CC(=O)O)C[N+](C)(C)C)c1.[OH-]. The van der Waals surface area contributed by atoms with Gasteiger partial charge in [0.1, 0.15) is 24.1 Å². The summed E-state index contributed by atoms with van der Waals surface area (Å²) >= 11 is 0. The molecule has 0 aliphatic rings. The fourth-order valence-electron chi connectivity index (χ4n) is 2.93. The molecular formula is C22H40NO9P. The summed E-state index contributed by atoms with van der Waals surface area (Å²) in [6, 6.07) is 7.45. The van der Waals surface area contributed by atoms with Crippen molar-refractivity contribution in [2.24, 2.45) is 0 Å². The molecule has 11 heteroatoms. The van der Waals surface area contributed by atoms with E-state index in [4.69, 9.17) is 23.6 Å². The molecule has 0 amide bonds. The van der Waals surface area contributed by atoms with Crippen molar-refractivity contribution in [3.63, 3.8) is 0 Å². The molecule has 1 aromatic rings. The first-order chi connectivity index (χ1) is 15.0. The van der Waals surface area contributed by atoms with Crippen LogP contribution in [-0.2, 0) is 18.4 Å². The number of ether oxygens (including phenoxy) is 2. The summed E-state index contributed by atoms with van der Waals surface area (Å²) in [5, 5.41) is 9.01. The Morgan fingerprint density at radius 2 is 1.58 bits per heavy atom. The van der Waals surface area contributed by atoms with Gasteiger partial charge < -0.3 is 29.4 Å². The third-order valence-corrected chi connectivity index (χ3v) is 5.39. The monoisotopic (exact) mass is 493 g/mol. The van der Waals surface area contributed by atoms with Crippen molar-refractivity contribution in [1.29, 1.82) is 0 Å². The Morgan fingerprint density at radius 3 is 2.09 bits per heavy atom. The van der Waals surface area contributed by atoms with Gasteiger partial charge in [0.15, 0.2) is 0 Å². The number of carboxylic acids is 1. The Hall–Kier alpha value is -1.68. The predicted molar refractivity (Wildman–Crippen MR) is 124 cm³/mol. The zero-order valence-electron chi connectivity index (χ0n) is 20.1. The highest BCUT2D eigenvalue weighted by Crippen LogP contribution is 2.45. The Bertz CT molecular complexity index is 724. The first-order valence-electron chi connectivity index (χ1n) is 11.0. The molecule has 10 nitrogen and oxygen atoms in total. The van der Waals surface area contributed by atoms with Crippen LogP contribution < -0.4 is 9.47 Å². The van der Waals surface area contributed by atoms with E-state index in [0.29, 0.717) is 36.3 Å². The standard InChI is InChI=1S/C22H38NO8P.H2O/c1-5-6-7-13-28-19-11-10-12-20(16-19)29-14-8-9-15-30-32(26,27)31-21(17-22(24)25)18-23(2,3)4;/h10-12,16,21H,5-9,13-15,17-18H2,1-4H3,(H-,24,25,26,27);1H2. The van der Waals surface area contributed by atoms with Gasteiger partial charge in [0, 0.05) is 6.07 Å². The second-order valence-electron chi connectivity index (χ2n) is 8.69. The quantitative estimate of drug-likeness (QED) is 0.177. The van der Waals surface area contributed by atoms with E-state index in [1.54, 1.807) is 0 Å². The van der Waals surface area contributed by atoms with Gasteiger partial charge in [-0.05, 0) is 31.4 Å². The Kier molecular flexibility index (Phi) is 15.2. The van der Waals surface area contributed by atoms with Gasteiger partial charge in [0.25, 0.3) is 0 Å². The van der Waals surface area contributed by atoms with Gasteiger partial charge in [-0.15, -0.1) is 0 Å². The molecule has 0 saturated carbocycles.